The van der Waals surface area contributed by atoms with E-state index in [-0.39, 0.29) is 36.1 Å². The van der Waals surface area contributed by atoms with Gasteiger partial charge in [-0.3, -0.25) is 4.79 Å². The number of nitrogens with one attached hydrogen (secondary N) is 1. The van der Waals surface area contributed by atoms with Crippen LogP contribution < -0.4 is 11.1 Å². The summed E-state index contributed by atoms with van der Waals surface area (Å²) in [6.45, 7) is 8.26. The summed E-state index contributed by atoms with van der Waals surface area (Å²) in [4.78, 5) is 16.5. The number of amides is 1. The molecule has 1 amide bonds. The molecule has 7 heteroatoms. The molecule has 3 N–H and O–H groups in total. The number of imidazole rings is 1. The highest BCUT2D eigenvalue weighted by molar-refractivity contribution is 5.85. The first-order chi connectivity index (χ1) is 9.29. The van der Waals surface area contributed by atoms with Crippen LogP contribution in [0.3, 0.4) is 0 Å². The largest absolute Gasteiger partial charge is 0.349 e. The summed E-state index contributed by atoms with van der Waals surface area (Å²) in [5.74, 6) is -0.147. The second-order valence-electron chi connectivity index (χ2n) is 6.22. The average molecular weight is 347 g/mol. The first kappa shape index (κ1) is 20.7. The molecule has 0 aliphatic rings. The normalized spacial score (nSPS) is 12.2. The Hall–Kier alpha value is -1.30. The van der Waals surface area contributed by atoms with Crippen LogP contribution in [0.5, 0.6) is 0 Å². The summed E-state index contributed by atoms with van der Waals surface area (Å²) in [7, 11) is 0. The van der Waals surface area contributed by atoms with E-state index in [1.165, 1.54) is 0 Å². The Morgan fingerprint density at radius 3 is 2.59 bits per heavy atom. The average Bonchev–Trinajstić information content (AvgIpc) is 2.78. The fourth-order valence-electron chi connectivity index (χ4n) is 1.97. The number of hydrogen-bond acceptors (Lipinski definition) is 3. The molecule has 0 radical (unpaired) electrons. The van der Waals surface area contributed by atoms with Crippen molar-refractivity contribution in [3.05, 3.63) is 35.8 Å². The number of nitrogens with zero attached hydrogens (tertiary/aromatic N) is 2. The summed E-state index contributed by atoms with van der Waals surface area (Å²) >= 11 is 0. The van der Waals surface area contributed by atoms with Crippen molar-refractivity contribution >= 4 is 36.4 Å². The standard InChI is InChI=1S/C15H22N4O.2ClH/c1-10-6-5-7-19-9-11(18-13(10)19)8-17-14(20)12(16)15(2,3)4;;/h5-7,9,12H,8,16H2,1-4H3,(H,17,20);2*1H/t12-;;/m1../s1. The minimum Gasteiger partial charge on any atom is -0.349 e. The molecule has 0 unspecified atom stereocenters. The van der Waals surface area contributed by atoms with E-state index in [4.69, 9.17) is 5.73 Å². The topological polar surface area (TPSA) is 72.4 Å². The third-order valence-corrected chi connectivity index (χ3v) is 3.39. The number of carbonyl (C=O) groups is 1. The minimum absolute atomic E-state index is 0. The first-order valence-corrected chi connectivity index (χ1v) is 6.75. The molecule has 0 saturated carbocycles. The van der Waals surface area contributed by atoms with Crippen LogP contribution in [0.1, 0.15) is 32.0 Å². The van der Waals surface area contributed by atoms with Gasteiger partial charge in [-0.1, -0.05) is 26.8 Å². The number of hydrogen-bond donors (Lipinski definition) is 2. The highest BCUT2D eigenvalue weighted by atomic mass is 35.5. The number of pyridine rings is 1. The lowest BCUT2D eigenvalue weighted by Gasteiger charge is -2.25. The summed E-state index contributed by atoms with van der Waals surface area (Å²) in [6.07, 6.45) is 3.87. The third kappa shape index (κ3) is 4.60. The van der Waals surface area contributed by atoms with Crippen molar-refractivity contribution in [2.45, 2.75) is 40.3 Å². The predicted octanol–water partition coefficient (Wildman–Crippen LogP) is 2.48. The molecule has 0 aliphatic heterocycles. The Bertz CT molecular complexity index is 634. The molecule has 0 spiro atoms. The van der Waals surface area contributed by atoms with Crippen molar-refractivity contribution in [3.63, 3.8) is 0 Å². The Morgan fingerprint density at radius 2 is 2.05 bits per heavy atom. The molecule has 0 fully saturated rings. The molecule has 1 atom stereocenters. The molecule has 0 saturated heterocycles. The highest BCUT2D eigenvalue weighted by Crippen LogP contribution is 2.17. The summed E-state index contributed by atoms with van der Waals surface area (Å²) in [5.41, 5.74) is 8.52. The Balaban J connectivity index is 0.00000220. The molecule has 5 nitrogen and oxygen atoms in total. The molecule has 124 valence electrons. The second kappa shape index (κ2) is 7.81. The van der Waals surface area contributed by atoms with Crippen molar-refractivity contribution in [3.8, 4) is 0 Å². The molecule has 0 bridgehead atoms. The second-order valence-corrected chi connectivity index (χ2v) is 6.22. The molecule has 2 aromatic rings. The van der Waals surface area contributed by atoms with E-state index >= 15 is 0 Å². The van der Waals surface area contributed by atoms with E-state index < -0.39 is 6.04 Å². The lowest BCUT2D eigenvalue weighted by atomic mass is 9.87. The molecule has 0 aliphatic carbocycles. The lowest BCUT2D eigenvalue weighted by Crippen LogP contribution is -2.48. The number of nitrogens with two attached hydrogens (primary N) is 1. The fourth-order valence-corrected chi connectivity index (χ4v) is 1.97. The highest BCUT2D eigenvalue weighted by Gasteiger charge is 2.27. The predicted molar refractivity (Wildman–Crippen MR) is 93.7 cm³/mol. The molecule has 2 aromatic heterocycles. The quantitative estimate of drug-likeness (QED) is 0.896. The van der Waals surface area contributed by atoms with Gasteiger partial charge in [-0.25, -0.2) is 4.98 Å². The van der Waals surface area contributed by atoms with Crippen LogP contribution in [0, 0.1) is 12.3 Å². The van der Waals surface area contributed by atoms with Gasteiger partial charge in [0.2, 0.25) is 5.91 Å². The summed E-state index contributed by atoms with van der Waals surface area (Å²) in [5, 5.41) is 2.85. The van der Waals surface area contributed by atoms with Crippen LogP contribution >= 0.6 is 24.8 Å². The van der Waals surface area contributed by atoms with Crippen molar-refractivity contribution < 1.29 is 4.79 Å². The van der Waals surface area contributed by atoms with Gasteiger partial charge in [-0.05, 0) is 24.0 Å². The van der Waals surface area contributed by atoms with Gasteiger partial charge in [0, 0.05) is 12.4 Å². The zero-order valence-electron chi connectivity index (χ0n) is 13.3. The van der Waals surface area contributed by atoms with Crippen molar-refractivity contribution in [1.82, 2.24) is 14.7 Å². The minimum atomic E-state index is -0.527. The molecule has 2 heterocycles. The van der Waals surface area contributed by atoms with E-state index in [0.29, 0.717) is 6.54 Å². The van der Waals surface area contributed by atoms with Gasteiger partial charge in [0.25, 0.3) is 0 Å². The molecule has 2 rings (SSSR count). The maximum Gasteiger partial charge on any atom is 0.237 e. The third-order valence-electron chi connectivity index (χ3n) is 3.39. The van der Waals surface area contributed by atoms with Gasteiger partial charge >= 0.3 is 0 Å². The molecule has 22 heavy (non-hydrogen) atoms. The summed E-state index contributed by atoms with van der Waals surface area (Å²) < 4.78 is 1.96. The Labute approximate surface area is 143 Å². The van der Waals surface area contributed by atoms with Crippen LogP contribution in [0.4, 0.5) is 0 Å². The maximum absolute atomic E-state index is 12.0. The summed E-state index contributed by atoms with van der Waals surface area (Å²) in [6, 6.07) is 3.46. The number of rotatable bonds is 3. The van der Waals surface area contributed by atoms with E-state index in [1.54, 1.807) is 0 Å². The monoisotopic (exact) mass is 346 g/mol. The van der Waals surface area contributed by atoms with Crippen molar-refractivity contribution in [2.75, 3.05) is 0 Å². The van der Waals surface area contributed by atoms with Crippen LogP contribution in [0.2, 0.25) is 0 Å². The van der Waals surface area contributed by atoms with Gasteiger partial charge in [-0.15, -0.1) is 24.8 Å². The lowest BCUT2D eigenvalue weighted by molar-refractivity contribution is -0.124. The van der Waals surface area contributed by atoms with Gasteiger partial charge in [0.05, 0.1) is 18.3 Å². The van der Waals surface area contributed by atoms with E-state index in [1.807, 2.05) is 56.6 Å². The SMILES string of the molecule is Cc1cccn2cc(CNC(=O)[C@@H](N)C(C)(C)C)nc12.Cl.Cl. The fraction of sp³-hybridized carbons (Fsp3) is 0.467. The van der Waals surface area contributed by atoms with E-state index in [9.17, 15) is 4.79 Å². The van der Waals surface area contributed by atoms with Gasteiger partial charge < -0.3 is 15.5 Å². The van der Waals surface area contributed by atoms with Gasteiger partial charge in [0.1, 0.15) is 5.65 Å². The molecular weight excluding hydrogens is 323 g/mol. The maximum atomic E-state index is 12.0. The number of fused-ring (bicyclic) bond motifs is 1. The zero-order chi connectivity index (χ0) is 14.9. The van der Waals surface area contributed by atoms with E-state index in [2.05, 4.69) is 10.3 Å². The smallest absolute Gasteiger partial charge is 0.237 e. The number of carbonyl (C=O) groups excluding carboxylic acids is 1. The number of halogens is 2. The van der Waals surface area contributed by atoms with Gasteiger partial charge in [0.15, 0.2) is 0 Å². The van der Waals surface area contributed by atoms with Crippen LogP contribution in [-0.4, -0.2) is 21.3 Å². The van der Waals surface area contributed by atoms with Crippen LogP contribution in [0.15, 0.2) is 24.5 Å². The van der Waals surface area contributed by atoms with Crippen molar-refractivity contribution in [1.29, 1.82) is 0 Å². The zero-order valence-corrected chi connectivity index (χ0v) is 14.9. The van der Waals surface area contributed by atoms with Crippen LogP contribution in [0.25, 0.3) is 5.65 Å². The van der Waals surface area contributed by atoms with Crippen molar-refractivity contribution in [2.24, 2.45) is 11.1 Å². The molecular formula is C15H24Cl2N4O. The molecule has 0 aromatic carbocycles. The number of aromatic nitrogens is 2. The Kier molecular flexibility index (Phi) is 7.35. The number of aryl methyl sites for hydroxylation is 1. The first-order valence-electron chi connectivity index (χ1n) is 6.75. The Morgan fingerprint density at radius 1 is 1.41 bits per heavy atom. The van der Waals surface area contributed by atoms with E-state index in [0.717, 1.165) is 16.9 Å². The van der Waals surface area contributed by atoms with Crippen LogP contribution in [-0.2, 0) is 11.3 Å². The van der Waals surface area contributed by atoms with Gasteiger partial charge in [-0.2, -0.15) is 0 Å².